The summed E-state index contributed by atoms with van der Waals surface area (Å²) >= 11 is 0. The second-order valence-electron chi connectivity index (χ2n) is 10.5. The third-order valence-corrected chi connectivity index (χ3v) is 6.10. The number of hydrogen-bond donors (Lipinski definition) is 2. The number of carbonyl (C=O) groups is 2. The van der Waals surface area contributed by atoms with Crippen LogP contribution in [-0.2, 0) is 11.2 Å². The van der Waals surface area contributed by atoms with Crippen molar-refractivity contribution in [2.24, 2.45) is 5.41 Å². The van der Waals surface area contributed by atoms with Crippen molar-refractivity contribution in [1.29, 1.82) is 0 Å². The van der Waals surface area contributed by atoms with Crippen molar-refractivity contribution in [3.05, 3.63) is 59.9 Å². The van der Waals surface area contributed by atoms with Gasteiger partial charge in [0.25, 0.3) is 11.6 Å². The fourth-order valence-corrected chi connectivity index (χ4v) is 4.04. The minimum atomic E-state index is -0.507. The molecule has 1 aliphatic carbocycles. The van der Waals surface area contributed by atoms with E-state index in [0.717, 1.165) is 24.2 Å². The van der Waals surface area contributed by atoms with Crippen molar-refractivity contribution in [3.63, 3.8) is 0 Å². The van der Waals surface area contributed by atoms with Crippen LogP contribution in [0.5, 0.6) is 0 Å². The maximum Gasteiger partial charge on any atom is 0.259 e. The molecule has 0 radical (unpaired) electrons. The van der Waals surface area contributed by atoms with Crippen LogP contribution in [0.15, 0.2) is 47.5 Å². The van der Waals surface area contributed by atoms with E-state index in [0.29, 0.717) is 40.4 Å². The van der Waals surface area contributed by atoms with Gasteiger partial charge in [-0.2, -0.15) is 5.10 Å². The number of benzene rings is 1. The van der Waals surface area contributed by atoms with Gasteiger partial charge in [0.15, 0.2) is 0 Å². The van der Waals surface area contributed by atoms with Crippen LogP contribution in [0.1, 0.15) is 74.2 Å². The van der Waals surface area contributed by atoms with Crippen LogP contribution < -0.4 is 10.6 Å². The first-order valence-corrected chi connectivity index (χ1v) is 12.0. The van der Waals surface area contributed by atoms with E-state index in [1.807, 2.05) is 6.07 Å². The highest BCUT2D eigenvalue weighted by molar-refractivity contribution is 6.12. The number of anilines is 2. The average Bonchev–Trinajstić information content (AvgIpc) is 3.40. The zero-order valence-electron chi connectivity index (χ0n) is 20.8. The Labute approximate surface area is 208 Å². The summed E-state index contributed by atoms with van der Waals surface area (Å²) in [7, 11) is 0. The Kier molecular flexibility index (Phi) is 6.03. The van der Waals surface area contributed by atoms with Crippen molar-refractivity contribution >= 4 is 34.3 Å². The van der Waals surface area contributed by atoms with Crippen LogP contribution in [0.4, 0.5) is 11.4 Å². The molecule has 0 bridgehead atoms. The molecule has 2 N–H and O–H groups in total. The van der Waals surface area contributed by atoms with Gasteiger partial charge in [0.05, 0.1) is 16.6 Å². The lowest BCUT2D eigenvalue weighted by Crippen LogP contribution is -2.24. The van der Waals surface area contributed by atoms with Crippen molar-refractivity contribution in [1.82, 2.24) is 24.9 Å². The largest absolute Gasteiger partial charge is 0.336 e. The lowest BCUT2D eigenvalue weighted by atomic mass is 9.89. The maximum atomic E-state index is 13.4. The number of rotatable bonds is 7. The minimum absolute atomic E-state index is 0.0294. The van der Waals surface area contributed by atoms with Gasteiger partial charge in [-0.05, 0) is 61.9 Å². The molecule has 36 heavy (non-hydrogen) atoms. The van der Waals surface area contributed by atoms with E-state index in [-0.39, 0.29) is 17.2 Å². The van der Waals surface area contributed by atoms with Gasteiger partial charge >= 0.3 is 0 Å². The molecular formula is C26H29N7O3. The molecule has 3 heterocycles. The zero-order valence-corrected chi connectivity index (χ0v) is 20.8. The predicted molar refractivity (Wildman–Crippen MR) is 135 cm³/mol. The first-order chi connectivity index (χ1) is 17.2. The fourth-order valence-electron chi connectivity index (χ4n) is 4.04. The Hall–Kier alpha value is -4.08. The van der Waals surface area contributed by atoms with Crippen molar-refractivity contribution in [3.8, 4) is 0 Å². The zero-order chi connectivity index (χ0) is 25.4. The van der Waals surface area contributed by atoms with E-state index in [2.05, 4.69) is 51.6 Å². The SMILES string of the molecule is CC(C(=O)Nc1ccc(NC(=O)c2cc(C3CC3)nc3onc(CC(C)(C)C)c23)cc1)n1cncn1. The van der Waals surface area contributed by atoms with Gasteiger partial charge in [0.2, 0.25) is 5.91 Å². The molecule has 1 aliphatic rings. The lowest BCUT2D eigenvalue weighted by molar-refractivity contribution is -0.119. The summed E-state index contributed by atoms with van der Waals surface area (Å²) in [4.78, 5) is 34.4. The van der Waals surface area contributed by atoms with Crippen molar-refractivity contribution < 1.29 is 14.1 Å². The molecule has 0 aliphatic heterocycles. The summed E-state index contributed by atoms with van der Waals surface area (Å²) < 4.78 is 7.04. The molecule has 1 aromatic carbocycles. The van der Waals surface area contributed by atoms with Crippen LogP contribution in [0.25, 0.3) is 11.1 Å². The molecule has 1 fully saturated rings. The van der Waals surface area contributed by atoms with Crippen molar-refractivity contribution in [2.75, 3.05) is 10.6 Å². The number of carbonyl (C=O) groups excluding carboxylic acids is 2. The highest BCUT2D eigenvalue weighted by atomic mass is 16.5. The number of fused-ring (bicyclic) bond motifs is 1. The first-order valence-electron chi connectivity index (χ1n) is 12.0. The van der Waals surface area contributed by atoms with Gasteiger partial charge in [0, 0.05) is 23.0 Å². The molecule has 0 saturated heterocycles. The van der Waals surface area contributed by atoms with Gasteiger partial charge in [-0.15, -0.1) is 0 Å². The van der Waals surface area contributed by atoms with E-state index in [9.17, 15) is 9.59 Å². The highest BCUT2D eigenvalue weighted by Gasteiger charge is 2.30. The second kappa shape index (κ2) is 9.18. The topological polar surface area (TPSA) is 128 Å². The molecule has 10 nitrogen and oxygen atoms in total. The Morgan fingerprint density at radius 1 is 1.14 bits per heavy atom. The molecule has 1 unspecified atom stereocenters. The minimum Gasteiger partial charge on any atom is -0.336 e. The Bertz CT molecular complexity index is 1400. The van der Waals surface area contributed by atoms with Crippen LogP contribution in [0, 0.1) is 5.41 Å². The number of aromatic nitrogens is 5. The molecule has 3 aromatic heterocycles. The third kappa shape index (κ3) is 5.12. The Morgan fingerprint density at radius 3 is 2.44 bits per heavy atom. The number of pyridine rings is 1. The van der Waals surface area contributed by atoms with E-state index in [4.69, 9.17) is 4.52 Å². The molecule has 2 amide bonds. The summed E-state index contributed by atoms with van der Waals surface area (Å²) in [6.07, 6.45) is 5.66. The standard InChI is InChI=1S/C26H29N7O3/c1-15(33-14-27-13-28-33)23(34)29-17-7-9-18(10-8-17)30-24(35)19-11-20(16-5-6-16)31-25-22(19)21(32-36-25)12-26(2,3)4/h7-11,13-16H,5-6,12H2,1-4H3,(H,29,34)(H,30,35). The summed E-state index contributed by atoms with van der Waals surface area (Å²) in [6, 6.07) is 8.34. The second-order valence-corrected chi connectivity index (χ2v) is 10.5. The maximum absolute atomic E-state index is 13.4. The average molecular weight is 488 g/mol. The van der Waals surface area contributed by atoms with E-state index >= 15 is 0 Å². The Morgan fingerprint density at radius 2 is 1.83 bits per heavy atom. The number of amides is 2. The molecule has 5 rings (SSSR count). The predicted octanol–water partition coefficient (Wildman–Crippen LogP) is 4.73. The fraction of sp³-hybridized carbons (Fsp3) is 0.385. The number of hydrogen-bond acceptors (Lipinski definition) is 7. The van der Waals surface area contributed by atoms with Crippen LogP contribution >= 0.6 is 0 Å². The van der Waals surface area contributed by atoms with Gasteiger partial charge in [0.1, 0.15) is 18.7 Å². The molecular weight excluding hydrogens is 458 g/mol. The monoisotopic (exact) mass is 487 g/mol. The van der Waals surface area contributed by atoms with Crippen LogP contribution in [0.2, 0.25) is 0 Å². The van der Waals surface area contributed by atoms with Gasteiger partial charge in [-0.25, -0.2) is 14.6 Å². The summed E-state index contributed by atoms with van der Waals surface area (Å²) in [5, 5.41) is 14.7. The van der Waals surface area contributed by atoms with Gasteiger partial charge in [-0.3, -0.25) is 9.59 Å². The van der Waals surface area contributed by atoms with E-state index < -0.39 is 6.04 Å². The molecule has 0 spiro atoms. The first kappa shape index (κ1) is 23.7. The highest BCUT2D eigenvalue weighted by Crippen LogP contribution is 2.41. The summed E-state index contributed by atoms with van der Waals surface area (Å²) in [5.74, 6) is -0.109. The molecule has 4 aromatic rings. The number of nitrogens with zero attached hydrogens (tertiary/aromatic N) is 5. The molecule has 186 valence electrons. The normalized spacial score (nSPS) is 14.6. The van der Waals surface area contributed by atoms with E-state index in [1.54, 1.807) is 31.2 Å². The van der Waals surface area contributed by atoms with Crippen molar-refractivity contribution in [2.45, 2.75) is 58.9 Å². The van der Waals surface area contributed by atoms with E-state index in [1.165, 1.54) is 17.3 Å². The van der Waals surface area contributed by atoms with Crippen LogP contribution in [0.3, 0.4) is 0 Å². The summed E-state index contributed by atoms with van der Waals surface area (Å²) in [6.45, 7) is 8.09. The quantitative estimate of drug-likeness (QED) is 0.386. The molecule has 1 atom stereocenters. The Balaban J connectivity index is 1.35. The summed E-state index contributed by atoms with van der Waals surface area (Å²) in [5.41, 5.74) is 3.71. The van der Waals surface area contributed by atoms with Gasteiger partial charge < -0.3 is 15.2 Å². The third-order valence-electron chi connectivity index (χ3n) is 6.10. The smallest absolute Gasteiger partial charge is 0.259 e. The lowest BCUT2D eigenvalue weighted by Gasteiger charge is -2.16. The molecule has 1 saturated carbocycles. The number of nitrogens with one attached hydrogen (secondary N) is 2. The van der Waals surface area contributed by atoms with Gasteiger partial charge in [-0.1, -0.05) is 25.9 Å². The molecule has 10 heteroatoms. The van der Waals surface area contributed by atoms with Crippen LogP contribution in [-0.4, -0.2) is 36.7 Å².